The van der Waals surface area contributed by atoms with Gasteiger partial charge in [-0.1, -0.05) is 0 Å². The van der Waals surface area contributed by atoms with Crippen molar-refractivity contribution >= 4 is 33.4 Å². The molecule has 1 amide bonds. The number of aromatic nitrogens is 2. The first-order chi connectivity index (χ1) is 13.3. The molecule has 0 saturated carbocycles. The van der Waals surface area contributed by atoms with E-state index in [0.717, 1.165) is 29.7 Å². The molecule has 7 nitrogen and oxygen atoms in total. The molecule has 2 aromatic heterocycles. The summed E-state index contributed by atoms with van der Waals surface area (Å²) >= 11 is 1.49. The number of amides is 1. The number of fused-ring (bicyclic) bond motifs is 1. The Morgan fingerprint density at radius 1 is 1.25 bits per heavy atom. The highest BCUT2D eigenvalue weighted by atomic mass is 32.1. The smallest absolute Gasteiger partial charge is 0.308 e. The van der Waals surface area contributed by atoms with Crippen LogP contribution in [0.5, 0.6) is 0 Å². The van der Waals surface area contributed by atoms with Crippen molar-refractivity contribution in [3.63, 3.8) is 0 Å². The summed E-state index contributed by atoms with van der Waals surface area (Å²) in [7, 11) is 0. The number of esters is 1. The minimum atomic E-state index is -0.490. The number of carbonyl (C=O) groups is 2. The number of aryl methyl sites for hydroxylation is 3. The Balaban J connectivity index is 1.57. The average molecular weight is 406 g/mol. The summed E-state index contributed by atoms with van der Waals surface area (Å²) < 4.78 is 6.60. The van der Waals surface area contributed by atoms with Gasteiger partial charge in [-0.3, -0.25) is 19.0 Å². The normalized spacial score (nSPS) is 19.8. The van der Waals surface area contributed by atoms with Crippen LogP contribution in [0.1, 0.15) is 50.0 Å². The Morgan fingerprint density at radius 3 is 2.61 bits per heavy atom. The third kappa shape index (κ3) is 4.11. The van der Waals surface area contributed by atoms with Crippen LogP contribution in [0.4, 0.5) is 0 Å². The van der Waals surface area contributed by atoms with E-state index < -0.39 is 5.97 Å². The summed E-state index contributed by atoms with van der Waals surface area (Å²) in [5.41, 5.74) is 0.788. The summed E-state index contributed by atoms with van der Waals surface area (Å²) in [5, 5.41) is 0.613. The van der Waals surface area contributed by atoms with Crippen molar-refractivity contribution in [2.45, 2.75) is 72.0 Å². The number of ether oxygens (including phenoxy) is 1. The number of nitrogens with zero attached hydrogens (tertiary/aromatic N) is 3. The highest BCUT2D eigenvalue weighted by Crippen LogP contribution is 2.25. The van der Waals surface area contributed by atoms with Crippen LogP contribution in [0.25, 0.3) is 10.2 Å². The van der Waals surface area contributed by atoms with Gasteiger partial charge in [0.05, 0.1) is 18.1 Å². The summed E-state index contributed by atoms with van der Waals surface area (Å²) in [6.45, 7) is 7.86. The second kappa shape index (κ2) is 8.43. The van der Waals surface area contributed by atoms with Crippen molar-refractivity contribution in [1.29, 1.82) is 0 Å². The molecule has 0 radical (unpaired) electrons. The maximum atomic E-state index is 12.6. The quantitative estimate of drug-likeness (QED) is 0.715. The lowest BCUT2D eigenvalue weighted by Gasteiger charge is -2.38. The Hall–Kier alpha value is -2.22. The molecule has 8 heteroatoms. The number of piperidine rings is 1. The van der Waals surface area contributed by atoms with Crippen molar-refractivity contribution in [2.75, 3.05) is 6.61 Å². The Kier molecular flexibility index (Phi) is 6.17. The number of hydrogen-bond acceptors (Lipinski definition) is 6. The standard InChI is InChI=1S/C20H27N3O4S/c1-12-6-5-7-13(2)23(12)16(24)10-27-17(25)8-9-22-11-21-19-18(20(22)26)14(3)15(4)28-19/h11-13H,5-10H2,1-4H3. The van der Waals surface area contributed by atoms with Crippen molar-refractivity contribution in [2.24, 2.45) is 0 Å². The molecular weight excluding hydrogens is 378 g/mol. The highest BCUT2D eigenvalue weighted by molar-refractivity contribution is 7.18. The van der Waals surface area contributed by atoms with Gasteiger partial charge in [0.2, 0.25) is 0 Å². The molecule has 2 atom stereocenters. The van der Waals surface area contributed by atoms with Gasteiger partial charge < -0.3 is 9.64 Å². The predicted molar refractivity (Wildman–Crippen MR) is 109 cm³/mol. The number of rotatable bonds is 5. The van der Waals surface area contributed by atoms with Gasteiger partial charge in [0.1, 0.15) is 4.83 Å². The van der Waals surface area contributed by atoms with Gasteiger partial charge in [-0.2, -0.15) is 0 Å². The molecule has 1 aliphatic rings. The first-order valence-electron chi connectivity index (χ1n) is 9.71. The third-order valence-corrected chi connectivity index (χ3v) is 6.67. The largest absolute Gasteiger partial charge is 0.456 e. The van der Waals surface area contributed by atoms with Gasteiger partial charge >= 0.3 is 5.97 Å². The van der Waals surface area contributed by atoms with Crippen LogP contribution in [0.3, 0.4) is 0 Å². The van der Waals surface area contributed by atoms with Gasteiger partial charge in [-0.15, -0.1) is 11.3 Å². The maximum Gasteiger partial charge on any atom is 0.308 e. The van der Waals surface area contributed by atoms with Crippen LogP contribution in [-0.4, -0.2) is 45.0 Å². The van der Waals surface area contributed by atoms with Crippen LogP contribution < -0.4 is 5.56 Å². The van der Waals surface area contributed by atoms with Gasteiger partial charge in [0.15, 0.2) is 6.61 Å². The van der Waals surface area contributed by atoms with Crippen molar-refractivity contribution in [1.82, 2.24) is 14.5 Å². The molecule has 0 N–H and O–H groups in total. The van der Waals surface area contributed by atoms with E-state index in [1.165, 1.54) is 22.2 Å². The molecule has 0 aliphatic carbocycles. The van der Waals surface area contributed by atoms with Crippen LogP contribution >= 0.6 is 11.3 Å². The summed E-state index contributed by atoms with van der Waals surface area (Å²) in [6, 6.07) is 0.340. The van der Waals surface area contributed by atoms with Crippen molar-refractivity contribution in [3.8, 4) is 0 Å². The van der Waals surface area contributed by atoms with Gasteiger partial charge in [-0.05, 0) is 52.5 Å². The number of carbonyl (C=O) groups excluding carboxylic acids is 2. The monoisotopic (exact) mass is 405 g/mol. The molecule has 3 heterocycles. The Labute approximate surface area is 168 Å². The van der Waals surface area contributed by atoms with E-state index in [-0.39, 0.29) is 43.1 Å². The second-order valence-corrected chi connectivity index (χ2v) is 8.75. The number of likely N-dealkylation sites (tertiary alicyclic amines) is 1. The number of hydrogen-bond donors (Lipinski definition) is 0. The summed E-state index contributed by atoms with van der Waals surface area (Å²) in [4.78, 5) is 45.1. The molecule has 0 spiro atoms. The predicted octanol–water partition coefficient (Wildman–Crippen LogP) is 2.80. The zero-order chi connectivity index (χ0) is 20.4. The SMILES string of the molecule is Cc1sc2ncn(CCC(=O)OCC(=O)N3C(C)CCCC3C)c(=O)c2c1C. The van der Waals surface area contributed by atoms with E-state index in [1.807, 2.05) is 32.6 Å². The fraction of sp³-hybridized carbons (Fsp3) is 0.600. The first kappa shape index (κ1) is 20.5. The van der Waals surface area contributed by atoms with E-state index >= 15 is 0 Å². The molecule has 152 valence electrons. The van der Waals surface area contributed by atoms with Gasteiger partial charge in [0.25, 0.3) is 11.5 Å². The lowest BCUT2D eigenvalue weighted by molar-refractivity contribution is -0.155. The zero-order valence-corrected chi connectivity index (χ0v) is 17.7. The third-order valence-electron chi connectivity index (χ3n) is 5.55. The van der Waals surface area contributed by atoms with E-state index in [1.54, 1.807) is 0 Å². The fourth-order valence-electron chi connectivity index (χ4n) is 3.84. The molecule has 0 bridgehead atoms. The van der Waals surface area contributed by atoms with E-state index in [0.29, 0.717) is 10.2 Å². The minimum Gasteiger partial charge on any atom is -0.456 e. The van der Waals surface area contributed by atoms with E-state index in [2.05, 4.69) is 4.98 Å². The molecule has 2 unspecified atom stereocenters. The minimum absolute atomic E-state index is 0.0215. The molecule has 1 saturated heterocycles. The molecule has 1 fully saturated rings. The first-order valence-corrected chi connectivity index (χ1v) is 10.5. The lowest BCUT2D eigenvalue weighted by atomic mass is 9.97. The van der Waals surface area contributed by atoms with Gasteiger partial charge in [-0.25, -0.2) is 4.98 Å². The molecule has 2 aromatic rings. The molecule has 0 aromatic carbocycles. The van der Waals surface area contributed by atoms with Crippen LogP contribution in [-0.2, 0) is 20.9 Å². The zero-order valence-electron chi connectivity index (χ0n) is 16.9. The lowest BCUT2D eigenvalue weighted by Crippen LogP contribution is -2.49. The molecule has 3 rings (SSSR count). The Bertz CT molecular complexity index is 939. The summed E-state index contributed by atoms with van der Waals surface area (Å²) in [6.07, 6.45) is 4.55. The number of thiophene rings is 1. The van der Waals surface area contributed by atoms with Crippen LogP contribution in [0.15, 0.2) is 11.1 Å². The second-order valence-electron chi connectivity index (χ2n) is 7.55. The van der Waals surface area contributed by atoms with Gasteiger partial charge in [0, 0.05) is 23.5 Å². The Morgan fingerprint density at radius 2 is 1.93 bits per heavy atom. The molecule has 28 heavy (non-hydrogen) atoms. The molecular formula is C20H27N3O4S. The topological polar surface area (TPSA) is 81.5 Å². The van der Waals surface area contributed by atoms with E-state index in [4.69, 9.17) is 4.74 Å². The average Bonchev–Trinajstić information content (AvgIpc) is 2.94. The van der Waals surface area contributed by atoms with Crippen LogP contribution in [0, 0.1) is 13.8 Å². The fourth-order valence-corrected chi connectivity index (χ4v) is 4.83. The highest BCUT2D eigenvalue weighted by Gasteiger charge is 2.29. The maximum absolute atomic E-state index is 12.6. The summed E-state index contributed by atoms with van der Waals surface area (Å²) in [5.74, 6) is -0.645. The van der Waals surface area contributed by atoms with Crippen molar-refractivity contribution in [3.05, 3.63) is 27.1 Å². The van der Waals surface area contributed by atoms with Crippen LogP contribution in [0.2, 0.25) is 0 Å². The molecule has 1 aliphatic heterocycles. The van der Waals surface area contributed by atoms with Crippen molar-refractivity contribution < 1.29 is 14.3 Å². The van der Waals surface area contributed by atoms with E-state index in [9.17, 15) is 14.4 Å².